The highest BCUT2D eigenvalue weighted by atomic mass is 19.1. The van der Waals surface area contributed by atoms with Gasteiger partial charge in [0.2, 0.25) is 0 Å². The van der Waals surface area contributed by atoms with Crippen LogP contribution in [0, 0.1) is 5.82 Å². The predicted octanol–water partition coefficient (Wildman–Crippen LogP) is 2.21. The van der Waals surface area contributed by atoms with Gasteiger partial charge in [-0.05, 0) is 38.5 Å². The SMILES string of the molecule is CCOC(=O)COC(=O)C(C)(C)c1ccc(F)cc1. The highest BCUT2D eigenvalue weighted by Crippen LogP contribution is 2.24. The van der Waals surface area contributed by atoms with Crippen LogP contribution in [0.15, 0.2) is 24.3 Å². The van der Waals surface area contributed by atoms with Crippen LogP contribution in [0.3, 0.4) is 0 Å². The lowest BCUT2D eigenvalue weighted by Crippen LogP contribution is -2.32. The van der Waals surface area contributed by atoms with Crippen molar-refractivity contribution in [2.45, 2.75) is 26.2 Å². The first-order chi connectivity index (χ1) is 8.87. The van der Waals surface area contributed by atoms with Gasteiger partial charge < -0.3 is 9.47 Å². The summed E-state index contributed by atoms with van der Waals surface area (Å²) in [6, 6.07) is 5.58. The van der Waals surface area contributed by atoms with E-state index in [-0.39, 0.29) is 12.4 Å². The molecule has 0 N–H and O–H groups in total. The molecule has 1 aromatic carbocycles. The first kappa shape index (κ1) is 15.1. The number of rotatable bonds is 5. The fourth-order valence-corrected chi connectivity index (χ4v) is 1.49. The minimum atomic E-state index is -0.958. The van der Waals surface area contributed by atoms with Gasteiger partial charge in [-0.2, -0.15) is 0 Å². The van der Waals surface area contributed by atoms with Crippen molar-refractivity contribution in [1.29, 1.82) is 0 Å². The second kappa shape index (κ2) is 6.31. The molecule has 1 aromatic rings. The van der Waals surface area contributed by atoms with Gasteiger partial charge in [0.25, 0.3) is 0 Å². The molecule has 0 amide bonds. The van der Waals surface area contributed by atoms with Crippen molar-refractivity contribution in [3.8, 4) is 0 Å². The summed E-state index contributed by atoms with van der Waals surface area (Å²) >= 11 is 0. The number of hydrogen-bond acceptors (Lipinski definition) is 4. The minimum absolute atomic E-state index is 0.234. The number of ether oxygens (including phenoxy) is 2. The Bertz CT molecular complexity index is 451. The Labute approximate surface area is 111 Å². The normalized spacial score (nSPS) is 10.9. The summed E-state index contributed by atoms with van der Waals surface area (Å²) < 4.78 is 22.4. The van der Waals surface area contributed by atoms with E-state index in [1.807, 2.05) is 0 Å². The van der Waals surface area contributed by atoms with Crippen molar-refractivity contribution in [3.05, 3.63) is 35.6 Å². The Morgan fingerprint density at radius 1 is 1.16 bits per heavy atom. The van der Waals surface area contributed by atoms with Crippen LogP contribution < -0.4 is 0 Å². The number of carbonyl (C=O) groups is 2. The molecule has 0 unspecified atom stereocenters. The summed E-state index contributed by atoms with van der Waals surface area (Å²) in [7, 11) is 0. The van der Waals surface area contributed by atoms with Crippen LogP contribution >= 0.6 is 0 Å². The third kappa shape index (κ3) is 4.05. The quantitative estimate of drug-likeness (QED) is 0.768. The maximum absolute atomic E-state index is 12.8. The molecule has 0 atom stereocenters. The summed E-state index contributed by atoms with van der Waals surface area (Å²) in [6.07, 6.45) is 0. The van der Waals surface area contributed by atoms with Crippen LogP contribution in [-0.2, 0) is 24.5 Å². The molecule has 0 saturated heterocycles. The number of hydrogen-bond donors (Lipinski definition) is 0. The van der Waals surface area contributed by atoms with Crippen LogP contribution in [0.4, 0.5) is 4.39 Å². The Morgan fingerprint density at radius 3 is 2.26 bits per heavy atom. The smallest absolute Gasteiger partial charge is 0.344 e. The number of benzene rings is 1. The van der Waals surface area contributed by atoms with Crippen molar-refractivity contribution in [2.75, 3.05) is 13.2 Å². The zero-order valence-electron chi connectivity index (χ0n) is 11.2. The van der Waals surface area contributed by atoms with E-state index < -0.39 is 24.0 Å². The highest BCUT2D eigenvalue weighted by molar-refractivity contribution is 5.84. The van der Waals surface area contributed by atoms with Gasteiger partial charge in [-0.3, -0.25) is 4.79 Å². The first-order valence-corrected chi connectivity index (χ1v) is 5.96. The number of halogens is 1. The Kier molecular flexibility index (Phi) is 5.03. The first-order valence-electron chi connectivity index (χ1n) is 5.96. The molecule has 0 saturated carbocycles. The lowest BCUT2D eigenvalue weighted by Gasteiger charge is -2.22. The largest absolute Gasteiger partial charge is 0.463 e. The molecule has 104 valence electrons. The van der Waals surface area contributed by atoms with Crippen molar-refractivity contribution in [3.63, 3.8) is 0 Å². The van der Waals surface area contributed by atoms with E-state index in [1.165, 1.54) is 24.3 Å². The molecular formula is C14H17FO4. The van der Waals surface area contributed by atoms with Crippen LogP contribution in [0.25, 0.3) is 0 Å². The third-order valence-corrected chi connectivity index (χ3v) is 2.70. The standard InChI is InChI=1S/C14H17FO4/c1-4-18-12(16)9-19-13(17)14(2,3)10-5-7-11(15)8-6-10/h5-8H,4,9H2,1-3H3. The highest BCUT2D eigenvalue weighted by Gasteiger charge is 2.32. The van der Waals surface area contributed by atoms with Gasteiger partial charge in [-0.25, -0.2) is 9.18 Å². The Morgan fingerprint density at radius 2 is 1.74 bits per heavy atom. The maximum atomic E-state index is 12.8. The molecule has 4 nitrogen and oxygen atoms in total. The molecule has 0 fully saturated rings. The Balaban J connectivity index is 2.68. The van der Waals surface area contributed by atoms with Gasteiger partial charge in [0, 0.05) is 0 Å². The van der Waals surface area contributed by atoms with Gasteiger partial charge in [-0.1, -0.05) is 12.1 Å². The summed E-state index contributed by atoms with van der Waals surface area (Å²) in [5.41, 5.74) is -0.344. The van der Waals surface area contributed by atoms with Gasteiger partial charge in [-0.15, -0.1) is 0 Å². The van der Waals surface area contributed by atoms with Gasteiger partial charge >= 0.3 is 11.9 Å². The van der Waals surface area contributed by atoms with Crippen LogP contribution in [0.2, 0.25) is 0 Å². The Hall–Kier alpha value is -1.91. The van der Waals surface area contributed by atoms with E-state index in [4.69, 9.17) is 4.74 Å². The van der Waals surface area contributed by atoms with Crippen molar-refractivity contribution in [2.24, 2.45) is 0 Å². The molecule has 0 aliphatic rings. The average molecular weight is 268 g/mol. The summed E-state index contributed by atoms with van der Waals surface area (Å²) in [5, 5.41) is 0. The van der Waals surface area contributed by atoms with Crippen molar-refractivity contribution >= 4 is 11.9 Å². The summed E-state index contributed by atoms with van der Waals surface area (Å²) in [6.45, 7) is 4.78. The van der Waals surface area contributed by atoms with Crippen LogP contribution in [0.1, 0.15) is 26.3 Å². The molecule has 0 spiro atoms. The second-order valence-electron chi connectivity index (χ2n) is 4.51. The zero-order valence-corrected chi connectivity index (χ0v) is 11.2. The molecule has 5 heteroatoms. The zero-order chi connectivity index (χ0) is 14.5. The molecule has 0 heterocycles. The van der Waals surface area contributed by atoms with Gasteiger partial charge in [0.15, 0.2) is 6.61 Å². The molecule has 0 aliphatic heterocycles. The topological polar surface area (TPSA) is 52.6 Å². The van der Waals surface area contributed by atoms with E-state index in [0.29, 0.717) is 5.56 Å². The molecule has 19 heavy (non-hydrogen) atoms. The van der Waals surface area contributed by atoms with Gasteiger partial charge in [0.1, 0.15) is 5.82 Å². The minimum Gasteiger partial charge on any atom is -0.463 e. The van der Waals surface area contributed by atoms with E-state index in [0.717, 1.165) is 0 Å². The fourth-order valence-electron chi connectivity index (χ4n) is 1.49. The third-order valence-electron chi connectivity index (χ3n) is 2.70. The monoisotopic (exact) mass is 268 g/mol. The lowest BCUT2D eigenvalue weighted by atomic mass is 9.85. The van der Waals surface area contributed by atoms with Crippen LogP contribution in [-0.4, -0.2) is 25.2 Å². The van der Waals surface area contributed by atoms with E-state index in [2.05, 4.69) is 4.74 Å². The number of carbonyl (C=O) groups excluding carboxylic acids is 2. The van der Waals surface area contributed by atoms with E-state index in [1.54, 1.807) is 20.8 Å². The molecule has 0 bridgehead atoms. The fraction of sp³-hybridized carbons (Fsp3) is 0.429. The second-order valence-corrected chi connectivity index (χ2v) is 4.51. The molecule has 0 aliphatic carbocycles. The van der Waals surface area contributed by atoms with Gasteiger partial charge in [0.05, 0.1) is 12.0 Å². The maximum Gasteiger partial charge on any atom is 0.344 e. The molecule has 1 rings (SSSR count). The summed E-state index contributed by atoms with van der Waals surface area (Å²) in [5.74, 6) is -1.53. The van der Waals surface area contributed by atoms with Crippen molar-refractivity contribution in [1.82, 2.24) is 0 Å². The van der Waals surface area contributed by atoms with Crippen molar-refractivity contribution < 1.29 is 23.5 Å². The predicted molar refractivity (Wildman–Crippen MR) is 67.0 cm³/mol. The average Bonchev–Trinajstić information content (AvgIpc) is 2.36. The lowest BCUT2D eigenvalue weighted by molar-refractivity contribution is -0.161. The molecule has 0 radical (unpaired) electrons. The molecule has 0 aromatic heterocycles. The number of esters is 2. The van der Waals surface area contributed by atoms with Crippen LogP contribution in [0.5, 0.6) is 0 Å². The molecular weight excluding hydrogens is 251 g/mol. The summed E-state index contributed by atoms with van der Waals surface area (Å²) in [4.78, 5) is 23.0. The van der Waals surface area contributed by atoms with E-state index in [9.17, 15) is 14.0 Å². The van der Waals surface area contributed by atoms with E-state index >= 15 is 0 Å².